The lowest BCUT2D eigenvalue weighted by molar-refractivity contribution is 0.115. The predicted molar refractivity (Wildman–Crippen MR) is 37.3 cm³/mol. The Kier molecular flexibility index (Phi) is 2.49. The second-order valence-corrected chi connectivity index (χ2v) is 2.89. The minimum Gasteiger partial charge on any atom is -0.393 e. The molecule has 0 amide bonds. The van der Waals surface area contributed by atoms with Gasteiger partial charge in [0, 0.05) is 6.54 Å². The summed E-state index contributed by atoms with van der Waals surface area (Å²) in [4.78, 5) is 0. The zero-order chi connectivity index (χ0) is 6.69. The van der Waals surface area contributed by atoms with Crippen molar-refractivity contribution in [3.63, 3.8) is 0 Å². The fraction of sp³-hybridized carbons (Fsp3) is 1.00. The Morgan fingerprint density at radius 2 is 2.33 bits per heavy atom. The molecular weight excluding hydrogens is 114 g/mol. The molecule has 0 aromatic rings. The number of aliphatic hydroxyl groups excluding tert-OH is 1. The van der Waals surface area contributed by atoms with E-state index in [0.29, 0.717) is 5.92 Å². The molecule has 1 aliphatic rings. The molecule has 2 nitrogen and oxygen atoms in total. The van der Waals surface area contributed by atoms with Crippen LogP contribution in [-0.2, 0) is 0 Å². The first-order valence-corrected chi connectivity index (χ1v) is 3.69. The molecule has 2 heteroatoms. The van der Waals surface area contributed by atoms with Gasteiger partial charge in [-0.05, 0) is 25.3 Å². The van der Waals surface area contributed by atoms with Crippen LogP contribution in [-0.4, -0.2) is 24.3 Å². The fourth-order valence-corrected chi connectivity index (χ4v) is 1.19. The number of aliphatic hydroxyl groups is 1. The molecular formula is C7H15NO. The summed E-state index contributed by atoms with van der Waals surface area (Å²) in [5.74, 6) is 0.437. The zero-order valence-electron chi connectivity index (χ0n) is 5.93. The average molecular weight is 129 g/mol. The molecule has 54 valence electrons. The summed E-state index contributed by atoms with van der Waals surface area (Å²) in [7, 11) is 0. The summed E-state index contributed by atoms with van der Waals surface area (Å²) in [6.45, 7) is 4.13. The van der Waals surface area contributed by atoms with E-state index in [-0.39, 0.29) is 6.10 Å². The summed E-state index contributed by atoms with van der Waals surface area (Å²) in [5.41, 5.74) is 0. The Morgan fingerprint density at radius 1 is 1.56 bits per heavy atom. The average Bonchev–Trinajstić information content (AvgIpc) is 1.99. The molecule has 2 N–H and O–H groups in total. The van der Waals surface area contributed by atoms with Crippen molar-refractivity contribution < 1.29 is 5.11 Å². The second-order valence-electron chi connectivity index (χ2n) is 2.89. The molecule has 0 aromatic carbocycles. The van der Waals surface area contributed by atoms with Crippen molar-refractivity contribution in [2.75, 3.05) is 13.1 Å². The lowest BCUT2D eigenvalue weighted by atomic mass is 10.0. The van der Waals surface area contributed by atoms with Gasteiger partial charge in [0.1, 0.15) is 0 Å². The van der Waals surface area contributed by atoms with E-state index in [1.165, 1.54) is 0 Å². The monoisotopic (exact) mass is 129 g/mol. The Labute approximate surface area is 56.3 Å². The van der Waals surface area contributed by atoms with Crippen LogP contribution >= 0.6 is 0 Å². The maximum Gasteiger partial charge on any atom is 0.0578 e. The SMILES string of the molecule is C[C@@H]1CNCCC[C@H]1O. The molecule has 0 radical (unpaired) electrons. The lowest BCUT2D eigenvalue weighted by Crippen LogP contribution is -2.24. The molecule has 1 aliphatic heterocycles. The zero-order valence-corrected chi connectivity index (χ0v) is 5.93. The Bertz CT molecular complexity index is 75.0. The molecule has 0 unspecified atom stereocenters. The third-order valence-corrected chi connectivity index (χ3v) is 1.98. The summed E-state index contributed by atoms with van der Waals surface area (Å²) < 4.78 is 0. The third kappa shape index (κ3) is 1.95. The van der Waals surface area contributed by atoms with E-state index in [4.69, 9.17) is 0 Å². The van der Waals surface area contributed by atoms with E-state index in [1.807, 2.05) is 0 Å². The molecule has 1 rings (SSSR count). The van der Waals surface area contributed by atoms with Gasteiger partial charge in [0.2, 0.25) is 0 Å². The summed E-state index contributed by atoms with van der Waals surface area (Å²) in [5, 5.41) is 12.6. The van der Waals surface area contributed by atoms with Gasteiger partial charge >= 0.3 is 0 Å². The Hall–Kier alpha value is -0.0800. The van der Waals surface area contributed by atoms with Crippen LogP contribution in [0.2, 0.25) is 0 Å². The highest BCUT2D eigenvalue weighted by molar-refractivity contribution is 4.70. The largest absolute Gasteiger partial charge is 0.393 e. The van der Waals surface area contributed by atoms with Gasteiger partial charge in [0.25, 0.3) is 0 Å². The smallest absolute Gasteiger partial charge is 0.0578 e. The van der Waals surface area contributed by atoms with E-state index in [1.54, 1.807) is 0 Å². The van der Waals surface area contributed by atoms with Crippen molar-refractivity contribution >= 4 is 0 Å². The van der Waals surface area contributed by atoms with Gasteiger partial charge in [-0.2, -0.15) is 0 Å². The second kappa shape index (κ2) is 3.18. The molecule has 0 aliphatic carbocycles. The fourth-order valence-electron chi connectivity index (χ4n) is 1.19. The molecule has 0 saturated carbocycles. The first-order valence-electron chi connectivity index (χ1n) is 3.69. The number of rotatable bonds is 0. The highest BCUT2D eigenvalue weighted by Gasteiger charge is 2.15. The topological polar surface area (TPSA) is 32.3 Å². The molecule has 1 heterocycles. The van der Waals surface area contributed by atoms with E-state index in [9.17, 15) is 5.11 Å². The Morgan fingerprint density at radius 3 is 3.11 bits per heavy atom. The maximum atomic E-state index is 9.32. The van der Waals surface area contributed by atoms with Crippen LogP contribution in [0.3, 0.4) is 0 Å². The van der Waals surface area contributed by atoms with Crippen LogP contribution in [0.15, 0.2) is 0 Å². The van der Waals surface area contributed by atoms with Gasteiger partial charge in [0.15, 0.2) is 0 Å². The normalized spacial score (nSPS) is 38.0. The summed E-state index contributed by atoms with van der Waals surface area (Å²) in [6.07, 6.45) is 2.01. The first-order chi connectivity index (χ1) is 4.30. The molecule has 1 saturated heterocycles. The molecule has 1 fully saturated rings. The van der Waals surface area contributed by atoms with E-state index < -0.39 is 0 Å². The van der Waals surface area contributed by atoms with Gasteiger partial charge in [-0.1, -0.05) is 6.92 Å². The quantitative estimate of drug-likeness (QED) is 0.495. The number of nitrogens with one attached hydrogen (secondary N) is 1. The van der Waals surface area contributed by atoms with Crippen LogP contribution < -0.4 is 5.32 Å². The maximum absolute atomic E-state index is 9.32. The van der Waals surface area contributed by atoms with Crippen molar-refractivity contribution in [1.82, 2.24) is 5.32 Å². The van der Waals surface area contributed by atoms with Crippen LogP contribution in [0.5, 0.6) is 0 Å². The summed E-state index contributed by atoms with van der Waals surface area (Å²) >= 11 is 0. The van der Waals surface area contributed by atoms with Gasteiger partial charge < -0.3 is 10.4 Å². The van der Waals surface area contributed by atoms with Gasteiger partial charge in [-0.3, -0.25) is 0 Å². The van der Waals surface area contributed by atoms with Crippen LogP contribution in [0.1, 0.15) is 19.8 Å². The molecule has 9 heavy (non-hydrogen) atoms. The van der Waals surface area contributed by atoms with Gasteiger partial charge in [0.05, 0.1) is 6.10 Å². The number of hydrogen-bond acceptors (Lipinski definition) is 2. The molecule has 0 bridgehead atoms. The van der Waals surface area contributed by atoms with Crippen LogP contribution in [0, 0.1) is 5.92 Å². The predicted octanol–water partition coefficient (Wildman–Crippen LogP) is 0.367. The van der Waals surface area contributed by atoms with Gasteiger partial charge in [-0.15, -0.1) is 0 Å². The lowest BCUT2D eigenvalue weighted by Gasteiger charge is -2.13. The van der Waals surface area contributed by atoms with Gasteiger partial charge in [-0.25, -0.2) is 0 Å². The van der Waals surface area contributed by atoms with Crippen molar-refractivity contribution in [3.05, 3.63) is 0 Å². The van der Waals surface area contributed by atoms with Crippen molar-refractivity contribution in [2.45, 2.75) is 25.9 Å². The molecule has 2 atom stereocenters. The minimum absolute atomic E-state index is 0.0694. The van der Waals surface area contributed by atoms with E-state index in [0.717, 1.165) is 25.9 Å². The van der Waals surface area contributed by atoms with Crippen molar-refractivity contribution in [2.24, 2.45) is 5.92 Å². The highest BCUT2D eigenvalue weighted by atomic mass is 16.3. The standard InChI is InChI=1S/C7H15NO/c1-6-5-8-4-2-3-7(6)9/h6-9H,2-5H2,1H3/t6-,7-/m1/s1. The third-order valence-electron chi connectivity index (χ3n) is 1.98. The molecule has 0 spiro atoms. The molecule has 0 aromatic heterocycles. The first kappa shape index (κ1) is 7.03. The van der Waals surface area contributed by atoms with Crippen molar-refractivity contribution in [3.8, 4) is 0 Å². The van der Waals surface area contributed by atoms with E-state index >= 15 is 0 Å². The van der Waals surface area contributed by atoms with E-state index in [2.05, 4.69) is 12.2 Å². The van der Waals surface area contributed by atoms with Crippen LogP contribution in [0.4, 0.5) is 0 Å². The van der Waals surface area contributed by atoms with Crippen LogP contribution in [0.25, 0.3) is 0 Å². The van der Waals surface area contributed by atoms with Crippen molar-refractivity contribution in [1.29, 1.82) is 0 Å². The number of hydrogen-bond donors (Lipinski definition) is 2. The Balaban J connectivity index is 2.32. The highest BCUT2D eigenvalue weighted by Crippen LogP contribution is 2.10. The minimum atomic E-state index is -0.0694. The summed E-state index contributed by atoms with van der Waals surface area (Å²) in [6, 6.07) is 0.